The molecule has 5 heteroatoms. The Morgan fingerprint density at radius 3 is 2.32 bits per heavy atom. The number of hydrogen-bond donors (Lipinski definition) is 1. The second-order valence-electron chi connectivity index (χ2n) is 8.16. The zero-order valence-corrected chi connectivity index (χ0v) is 16.8. The van der Waals surface area contributed by atoms with Crippen LogP contribution >= 0.6 is 0 Å². The predicted molar refractivity (Wildman–Crippen MR) is 112 cm³/mol. The van der Waals surface area contributed by atoms with Crippen LogP contribution in [0.15, 0.2) is 48.5 Å². The maximum atomic E-state index is 12.1. The molecule has 28 heavy (non-hydrogen) atoms. The minimum Gasteiger partial charge on any atom is -0.484 e. The summed E-state index contributed by atoms with van der Waals surface area (Å²) in [6.45, 7) is 7.17. The molecule has 148 valence electrons. The molecule has 1 N–H and O–H groups in total. The van der Waals surface area contributed by atoms with Crippen LogP contribution in [-0.4, -0.2) is 25.0 Å². The zero-order valence-electron chi connectivity index (χ0n) is 16.8. The quantitative estimate of drug-likeness (QED) is 0.830. The molecule has 0 unspecified atom stereocenters. The fourth-order valence-corrected chi connectivity index (χ4v) is 3.20. The molecule has 0 bridgehead atoms. The van der Waals surface area contributed by atoms with Gasteiger partial charge >= 0.3 is 0 Å². The standard InChI is InChI=1S/C23H28N2O3/c1-23(2,3)17-7-13-20(14-8-17)28-16-21(26)24-18-9-11-19(12-10-18)25-15-5-4-6-22(25)27/h7-14H,4-6,15-16H2,1-3H3,(H,24,26). The zero-order chi connectivity index (χ0) is 20.1. The molecule has 2 aromatic rings. The van der Waals surface area contributed by atoms with E-state index in [2.05, 4.69) is 26.1 Å². The summed E-state index contributed by atoms with van der Waals surface area (Å²) in [7, 11) is 0. The van der Waals surface area contributed by atoms with Crippen LogP contribution in [0, 0.1) is 0 Å². The Kier molecular flexibility index (Phi) is 6.02. The highest BCUT2D eigenvalue weighted by Gasteiger charge is 2.19. The van der Waals surface area contributed by atoms with Gasteiger partial charge in [0.2, 0.25) is 5.91 Å². The van der Waals surface area contributed by atoms with E-state index in [4.69, 9.17) is 4.74 Å². The number of carbonyl (C=O) groups is 2. The maximum Gasteiger partial charge on any atom is 0.262 e. The van der Waals surface area contributed by atoms with Crippen LogP contribution in [0.1, 0.15) is 45.6 Å². The fraction of sp³-hybridized carbons (Fsp3) is 0.391. The SMILES string of the molecule is CC(C)(C)c1ccc(OCC(=O)Nc2ccc(N3CCCCC3=O)cc2)cc1. The largest absolute Gasteiger partial charge is 0.484 e. The van der Waals surface area contributed by atoms with Gasteiger partial charge in [0.25, 0.3) is 5.91 Å². The number of amides is 2. The molecule has 3 rings (SSSR count). The molecule has 0 saturated carbocycles. The van der Waals surface area contributed by atoms with Gasteiger partial charge in [-0.2, -0.15) is 0 Å². The summed E-state index contributed by atoms with van der Waals surface area (Å²) in [4.78, 5) is 25.9. The van der Waals surface area contributed by atoms with Gasteiger partial charge in [-0.1, -0.05) is 32.9 Å². The van der Waals surface area contributed by atoms with E-state index in [1.807, 2.05) is 48.5 Å². The number of anilines is 2. The topological polar surface area (TPSA) is 58.6 Å². The number of nitrogens with zero attached hydrogens (tertiary/aromatic N) is 1. The highest BCUT2D eigenvalue weighted by atomic mass is 16.5. The second-order valence-corrected chi connectivity index (χ2v) is 8.16. The lowest BCUT2D eigenvalue weighted by molar-refractivity contribution is -0.119. The van der Waals surface area contributed by atoms with Gasteiger partial charge in [-0.3, -0.25) is 9.59 Å². The third kappa shape index (κ3) is 5.12. The van der Waals surface area contributed by atoms with Crippen LogP contribution in [-0.2, 0) is 15.0 Å². The lowest BCUT2D eigenvalue weighted by Crippen LogP contribution is -2.35. The van der Waals surface area contributed by atoms with Crippen LogP contribution in [0.2, 0.25) is 0 Å². The Morgan fingerprint density at radius 1 is 1.04 bits per heavy atom. The predicted octanol–water partition coefficient (Wildman–Crippen LogP) is 4.52. The van der Waals surface area contributed by atoms with E-state index >= 15 is 0 Å². The number of hydrogen-bond acceptors (Lipinski definition) is 3. The second kappa shape index (κ2) is 8.46. The Morgan fingerprint density at radius 2 is 1.71 bits per heavy atom. The molecular weight excluding hydrogens is 352 g/mol. The summed E-state index contributed by atoms with van der Waals surface area (Å²) >= 11 is 0. The van der Waals surface area contributed by atoms with E-state index in [0.29, 0.717) is 17.9 Å². The Bertz CT molecular complexity index is 820. The van der Waals surface area contributed by atoms with Gasteiger partial charge in [-0.15, -0.1) is 0 Å². The van der Waals surface area contributed by atoms with Crippen molar-refractivity contribution in [1.82, 2.24) is 0 Å². The average molecular weight is 380 g/mol. The molecule has 0 aromatic heterocycles. The summed E-state index contributed by atoms with van der Waals surface area (Å²) in [6.07, 6.45) is 2.59. The summed E-state index contributed by atoms with van der Waals surface area (Å²) in [6, 6.07) is 15.2. The number of benzene rings is 2. The average Bonchev–Trinajstić information content (AvgIpc) is 2.67. The molecular formula is C23H28N2O3. The fourth-order valence-electron chi connectivity index (χ4n) is 3.20. The van der Waals surface area contributed by atoms with Gasteiger partial charge in [0.15, 0.2) is 6.61 Å². The van der Waals surface area contributed by atoms with E-state index in [1.165, 1.54) is 5.56 Å². The molecule has 0 spiro atoms. The van der Waals surface area contributed by atoms with Gasteiger partial charge in [0.05, 0.1) is 0 Å². The van der Waals surface area contributed by atoms with Crippen molar-refractivity contribution >= 4 is 23.2 Å². The Hall–Kier alpha value is -2.82. The summed E-state index contributed by atoms with van der Waals surface area (Å²) in [5, 5.41) is 2.82. The van der Waals surface area contributed by atoms with Crippen molar-refractivity contribution < 1.29 is 14.3 Å². The van der Waals surface area contributed by atoms with Crippen LogP contribution in [0.5, 0.6) is 5.75 Å². The Balaban J connectivity index is 1.51. The van der Waals surface area contributed by atoms with E-state index in [-0.39, 0.29) is 23.8 Å². The van der Waals surface area contributed by atoms with Crippen molar-refractivity contribution in [3.8, 4) is 5.75 Å². The smallest absolute Gasteiger partial charge is 0.262 e. The van der Waals surface area contributed by atoms with Gasteiger partial charge < -0.3 is 15.0 Å². The molecule has 5 nitrogen and oxygen atoms in total. The highest BCUT2D eigenvalue weighted by molar-refractivity contribution is 5.95. The minimum absolute atomic E-state index is 0.0543. The van der Waals surface area contributed by atoms with E-state index < -0.39 is 0 Å². The molecule has 1 heterocycles. The third-order valence-corrected chi connectivity index (χ3v) is 4.88. The lowest BCUT2D eigenvalue weighted by Gasteiger charge is -2.26. The first-order chi connectivity index (χ1) is 13.3. The first kappa shape index (κ1) is 19.9. The van der Waals surface area contributed by atoms with Crippen molar-refractivity contribution in [3.63, 3.8) is 0 Å². The van der Waals surface area contributed by atoms with Crippen molar-refractivity contribution in [3.05, 3.63) is 54.1 Å². The van der Waals surface area contributed by atoms with E-state index in [9.17, 15) is 9.59 Å². The summed E-state index contributed by atoms with van der Waals surface area (Å²) in [5.74, 6) is 0.609. The molecule has 0 radical (unpaired) electrons. The van der Waals surface area contributed by atoms with Gasteiger partial charge in [-0.25, -0.2) is 0 Å². The van der Waals surface area contributed by atoms with Gasteiger partial charge in [0.1, 0.15) is 5.75 Å². The molecule has 1 saturated heterocycles. The molecule has 0 atom stereocenters. The number of carbonyl (C=O) groups excluding carboxylic acids is 2. The van der Waals surface area contributed by atoms with Crippen molar-refractivity contribution in [2.75, 3.05) is 23.4 Å². The molecule has 2 amide bonds. The lowest BCUT2D eigenvalue weighted by atomic mass is 9.87. The number of ether oxygens (including phenoxy) is 1. The molecule has 0 aliphatic carbocycles. The maximum absolute atomic E-state index is 12.1. The van der Waals surface area contributed by atoms with E-state index in [1.54, 1.807) is 4.90 Å². The monoisotopic (exact) mass is 380 g/mol. The van der Waals surface area contributed by atoms with Gasteiger partial charge in [0, 0.05) is 24.3 Å². The first-order valence-electron chi connectivity index (χ1n) is 9.76. The summed E-state index contributed by atoms with van der Waals surface area (Å²) < 4.78 is 5.58. The van der Waals surface area contributed by atoms with Crippen LogP contribution in [0.4, 0.5) is 11.4 Å². The van der Waals surface area contributed by atoms with E-state index in [0.717, 1.165) is 25.1 Å². The van der Waals surface area contributed by atoms with Crippen LogP contribution in [0.3, 0.4) is 0 Å². The highest BCUT2D eigenvalue weighted by Crippen LogP contribution is 2.25. The van der Waals surface area contributed by atoms with Gasteiger partial charge in [-0.05, 0) is 60.2 Å². The summed E-state index contributed by atoms with van der Waals surface area (Å²) in [5.41, 5.74) is 2.86. The molecule has 2 aromatic carbocycles. The third-order valence-electron chi connectivity index (χ3n) is 4.88. The minimum atomic E-state index is -0.221. The number of nitrogens with one attached hydrogen (secondary N) is 1. The number of piperidine rings is 1. The number of rotatable bonds is 5. The van der Waals surface area contributed by atoms with Crippen molar-refractivity contribution in [1.29, 1.82) is 0 Å². The van der Waals surface area contributed by atoms with Crippen LogP contribution < -0.4 is 15.0 Å². The van der Waals surface area contributed by atoms with Crippen LogP contribution in [0.25, 0.3) is 0 Å². The van der Waals surface area contributed by atoms with Crippen molar-refractivity contribution in [2.45, 2.75) is 45.4 Å². The molecule has 1 aliphatic heterocycles. The molecule has 1 fully saturated rings. The first-order valence-corrected chi connectivity index (χ1v) is 9.76. The van der Waals surface area contributed by atoms with Crippen molar-refractivity contribution in [2.24, 2.45) is 0 Å². The Labute approximate surface area is 166 Å². The molecule has 1 aliphatic rings. The normalized spacial score (nSPS) is 14.7.